The van der Waals surface area contributed by atoms with E-state index in [0.717, 1.165) is 29.3 Å². The summed E-state index contributed by atoms with van der Waals surface area (Å²) < 4.78 is 1.07. The average molecular weight is 269 g/mol. The SMILES string of the molecule is CC1CCCC(O)(c2ccc(Br)cc2)C1. The van der Waals surface area contributed by atoms with Crippen LogP contribution in [0.2, 0.25) is 0 Å². The lowest BCUT2D eigenvalue weighted by Crippen LogP contribution is -2.31. The van der Waals surface area contributed by atoms with Gasteiger partial charge in [0.15, 0.2) is 0 Å². The van der Waals surface area contributed by atoms with Gasteiger partial charge in [0, 0.05) is 4.47 Å². The molecule has 0 amide bonds. The van der Waals surface area contributed by atoms with Gasteiger partial charge in [-0.1, -0.05) is 41.4 Å². The molecule has 1 nitrogen and oxygen atoms in total. The van der Waals surface area contributed by atoms with Gasteiger partial charge >= 0.3 is 0 Å². The lowest BCUT2D eigenvalue weighted by atomic mass is 9.75. The zero-order valence-electron chi connectivity index (χ0n) is 9.04. The molecule has 2 heteroatoms. The molecule has 0 aromatic heterocycles. The van der Waals surface area contributed by atoms with Crippen molar-refractivity contribution in [2.24, 2.45) is 5.92 Å². The Bertz CT molecular complexity index is 333. The molecule has 0 heterocycles. The summed E-state index contributed by atoms with van der Waals surface area (Å²) in [6.45, 7) is 2.23. The molecule has 0 bridgehead atoms. The van der Waals surface area contributed by atoms with E-state index in [1.807, 2.05) is 24.3 Å². The lowest BCUT2D eigenvalue weighted by molar-refractivity contribution is -0.0178. The van der Waals surface area contributed by atoms with Crippen molar-refractivity contribution in [1.82, 2.24) is 0 Å². The molecule has 0 radical (unpaired) electrons. The zero-order valence-corrected chi connectivity index (χ0v) is 10.6. The highest BCUT2D eigenvalue weighted by atomic mass is 79.9. The second kappa shape index (κ2) is 4.26. The van der Waals surface area contributed by atoms with Crippen LogP contribution in [-0.4, -0.2) is 5.11 Å². The Balaban J connectivity index is 2.24. The number of rotatable bonds is 1. The third kappa shape index (κ3) is 2.43. The molecule has 1 N–H and O–H groups in total. The highest BCUT2D eigenvalue weighted by molar-refractivity contribution is 9.10. The van der Waals surface area contributed by atoms with Crippen LogP contribution in [0.15, 0.2) is 28.7 Å². The van der Waals surface area contributed by atoms with Crippen molar-refractivity contribution in [3.63, 3.8) is 0 Å². The first-order valence-corrected chi connectivity index (χ1v) is 6.38. The predicted molar refractivity (Wildman–Crippen MR) is 65.7 cm³/mol. The summed E-state index contributed by atoms with van der Waals surface area (Å²) in [5, 5.41) is 10.6. The van der Waals surface area contributed by atoms with Gasteiger partial charge in [0.1, 0.15) is 0 Å². The Kier molecular flexibility index (Phi) is 3.17. The van der Waals surface area contributed by atoms with Crippen molar-refractivity contribution in [2.75, 3.05) is 0 Å². The summed E-state index contributed by atoms with van der Waals surface area (Å²) in [5.74, 6) is 0.632. The summed E-state index contributed by atoms with van der Waals surface area (Å²) in [5.41, 5.74) is 0.482. The molecule has 0 aliphatic heterocycles. The first-order chi connectivity index (χ1) is 7.10. The van der Waals surface area contributed by atoms with Crippen molar-refractivity contribution in [3.8, 4) is 0 Å². The average Bonchev–Trinajstić information content (AvgIpc) is 2.18. The van der Waals surface area contributed by atoms with Gasteiger partial charge in [-0.15, -0.1) is 0 Å². The molecule has 1 saturated carbocycles. The van der Waals surface area contributed by atoms with Gasteiger partial charge in [-0.2, -0.15) is 0 Å². The van der Waals surface area contributed by atoms with E-state index >= 15 is 0 Å². The van der Waals surface area contributed by atoms with Crippen molar-refractivity contribution in [2.45, 2.75) is 38.2 Å². The number of hydrogen-bond acceptors (Lipinski definition) is 1. The van der Waals surface area contributed by atoms with Crippen LogP contribution in [0.1, 0.15) is 38.2 Å². The van der Waals surface area contributed by atoms with E-state index in [1.165, 1.54) is 6.42 Å². The number of hydrogen-bond donors (Lipinski definition) is 1. The van der Waals surface area contributed by atoms with E-state index < -0.39 is 5.60 Å². The summed E-state index contributed by atoms with van der Waals surface area (Å²) in [4.78, 5) is 0. The standard InChI is InChI=1S/C13H17BrO/c1-10-3-2-8-13(15,9-10)11-4-6-12(14)7-5-11/h4-7,10,15H,2-3,8-9H2,1H3. The van der Waals surface area contributed by atoms with Crippen LogP contribution in [0.3, 0.4) is 0 Å². The molecular weight excluding hydrogens is 252 g/mol. The summed E-state index contributed by atoms with van der Waals surface area (Å²) in [6.07, 6.45) is 4.18. The molecule has 2 rings (SSSR count). The van der Waals surface area contributed by atoms with E-state index in [2.05, 4.69) is 22.9 Å². The quantitative estimate of drug-likeness (QED) is 0.821. The number of aliphatic hydroxyl groups is 1. The molecule has 1 aromatic rings. The fraction of sp³-hybridized carbons (Fsp3) is 0.538. The van der Waals surface area contributed by atoms with Gasteiger partial charge < -0.3 is 5.11 Å². The van der Waals surface area contributed by atoms with Crippen LogP contribution in [0.25, 0.3) is 0 Å². The fourth-order valence-corrected chi connectivity index (χ4v) is 2.81. The summed E-state index contributed by atoms with van der Waals surface area (Å²) in [6, 6.07) is 8.07. The van der Waals surface area contributed by atoms with Crippen LogP contribution >= 0.6 is 15.9 Å². The van der Waals surface area contributed by atoms with Gasteiger partial charge in [-0.25, -0.2) is 0 Å². The van der Waals surface area contributed by atoms with Crippen molar-refractivity contribution >= 4 is 15.9 Å². The molecule has 0 saturated heterocycles. The number of benzene rings is 1. The molecular formula is C13H17BrO. The molecule has 1 aliphatic rings. The minimum Gasteiger partial charge on any atom is -0.385 e. The molecule has 2 atom stereocenters. The Morgan fingerprint density at radius 2 is 2.00 bits per heavy atom. The molecule has 15 heavy (non-hydrogen) atoms. The highest BCUT2D eigenvalue weighted by Gasteiger charge is 2.33. The molecule has 82 valence electrons. The third-order valence-electron chi connectivity index (χ3n) is 3.35. The van der Waals surface area contributed by atoms with Gasteiger partial charge in [-0.05, 0) is 42.9 Å². The number of halogens is 1. The Morgan fingerprint density at radius 3 is 2.60 bits per heavy atom. The largest absolute Gasteiger partial charge is 0.385 e. The van der Waals surface area contributed by atoms with Crippen LogP contribution in [-0.2, 0) is 5.60 Å². The van der Waals surface area contributed by atoms with Crippen LogP contribution in [0.5, 0.6) is 0 Å². The fourth-order valence-electron chi connectivity index (χ4n) is 2.55. The molecule has 1 aromatic carbocycles. The maximum absolute atomic E-state index is 10.6. The van der Waals surface area contributed by atoms with E-state index in [-0.39, 0.29) is 0 Å². The molecule has 0 spiro atoms. The highest BCUT2D eigenvalue weighted by Crippen LogP contribution is 2.39. The Labute approximate surface area is 99.6 Å². The maximum Gasteiger partial charge on any atom is 0.0899 e. The van der Waals surface area contributed by atoms with Crippen LogP contribution in [0, 0.1) is 5.92 Å². The minimum atomic E-state index is -0.585. The molecule has 2 unspecified atom stereocenters. The zero-order chi connectivity index (χ0) is 10.9. The minimum absolute atomic E-state index is 0.585. The lowest BCUT2D eigenvalue weighted by Gasteiger charge is -2.36. The second-order valence-electron chi connectivity index (χ2n) is 4.74. The van der Waals surface area contributed by atoms with Crippen molar-refractivity contribution in [1.29, 1.82) is 0 Å². The summed E-state index contributed by atoms with van der Waals surface area (Å²) >= 11 is 3.42. The normalized spacial score (nSPS) is 31.5. The van der Waals surface area contributed by atoms with Crippen LogP contribution in [0.4, 0.5) is 0 Å². The first kappa shape index (κ1) is 11.2. The van der Waals surface area contributed by atoms with E-state index in [0.29, 0.717) is 5.92 Å². The van der Waals surface area contributed by atoms with E-state index in [9.17, 15) is 5.11 Å². The van der Waals surface area contributed by atoms with Gasteiger partial charge in [0.05, 0.1) is 5.60 Å². The Morgan fingerprint density at radius 1 is 1.33 bits per heavy atom. The van der Waals surface area contributed by atoms with E-state index in [4.69, 9.17) is 0 Å². The monoisotopic (exact) mass is 268 g/mol. The van der Waals surface area contributed by atoms with Crippen LogP contribution < -0.4 is 0 Å². The summed E-state index contributed by atoms with van der Waals surface area (Å²) in [7, 11) is 0. The molecule has 1 aliphatic carbocycles. The first-order valence-electron chi connectivity index (χ1n) is 5.58. The second-order valence-corrected chi connectivity index (χ2v) is 5.66. The van der Waals surface area contributed by atoms with Crippen molar-refractivity contribution < 1.29 is 5.11 Å². The third-order valence-corrected chi connectivity index (χ3v) is 3.88. The van der Waals surface area contributed by atoms with Gasteiger partial charge in [0.2, 0.25) is 0 Å². The maximum atomic E-state index is 10.6. The van der Waals surface area contributed by atoms with Crippen molar-refractivity contribution in [3.05, 3.63) is 34.3 Å². The van der Waals surface area contributed by atoms with E-state index in [1.54, 1.807) is 0 Å². The topological polar surface area (TPSA) is 20.2 Å². The Hall–Kier alpha value is -0.340. The smallest absolute Gasteiger partial charge is 0.0899 e. The molecule has 1 fully saturated rings. The predicted octanol–water partition coefficient (Wildman–Crippen LogP) is 3.85. The van der Waals surface area contributed by atoms with Gasteiger partial charge in [0.25, 0.3) is 0 Å². The van der Waals surface area contributed by atoms with Gasteiger partial charge in [-0.3, -0.25) is 0 Å².